The van der Waals surface area contributed by atoms with Gasteiger partial charge in [-0.25, -0.2) is 0 Å². The molecule has 2 aliphatic rings. The average Bonchev–Trinajstić information content (AvgIpc) is 3.14. The maximum atomic E-state index is 14.0. The fourth-order valence-electron chi connectivity index (χ4n) is 4.11. The smallest absolute Gasteiger partial charge is 0.307 e. The predicted octanol–water partition coefficient (Wildman–Crippen LogP) is 3.59. The second kappa shape index (κ2) is 7.21. The maximum Gasteiger partial charge on any atom is 0.363 e. The Labute approximate surface area is 165 Å². The molecule has 8 heteroatoms. The molecular formula is C20H27N2O5P. The van der Waals surface area contributed by atoms with Crippen LogP contribution in [-0.2, 0) is 28.5 Å². The zero-order valence-electron chi connectivity index (χ0n) is 16.9. The van der Waals surface area contributed by atoms with E-state index in [0.29, 0.717) is 5.56 Å². The molecule has 0 saturated carbocycles. The minimum atomic E-state index is -3.93. The number of carbonyl (C=O) groups excluding carboxylic acids is 2. The van der Waals surface area contributed by atoms with Crippen LogP contribution >= 0.6 is 7.60 Å². The van der Waals surface area contributed by atoms with Crippen LogP contribution in [0.3, 0.4) is 0 Å². The van der Waals surface area contributed by atoms with E-state index >= 15 is 0 Å². The first-order valence-corrected chi connectivity index (χ1v) is 11.1. The van der Waals surface area contributed by atoms with Gasteiger partial charge in [0.15, 0.2) is 5.28 Å². The Morgan fingerprint density at radius 2 is 1.64 bits per heavy atom. The topological polar surface area (TPSA) is 85.3 Å². The van der Waals surface area contributed by atoms with Crippen molar-refractivity contribution < 1.29 is 23.2 Å². The highest BCUT2D eigenvalue weighted by Gasteiger charge is 2.70. The molecular weight excluding hydrogens is 379 g/mol. The first-order chi connectivity index (χ1) is 13.1. The molecule has 0 aromatic heterocycles. The van der Waals surface area contributed by atoms with E-state index in [1.54, 1.807) is 58.9 Å². The molecule has 28 heavy (non-hydrogen) atoms. The molecule has 7 nitrogen and oxygen atoms in total. The Balaban J connectivity index is 2.26. The number of fused-ring (bicyclic) bond motifs is 1. The maximum absolute atomic E-state index is 14.0. The lowest BCUT2D eigenvalue weighted by atomic mass is 9.87. The van der Waals surface area contributed by atoms with Crippen LogP contribution in [0.4, 0.5) is 0 Å². The number of hydrogen-bond acceptors (Lipinski definition) is 6. The first-order valence-electron chi connectivity index (χ1n) is 9.52. The lowest BCUT2D eigenvalue weighted by Gasteiger charge is -2.38. The first kappa shape index (κ1) is 20.9. The van der Waals surface area contributed by atoms with Gasteiger partial charge in [0, 0.05) is 11.8 Å². The standard InChI is InChI=1S/C20H27N2O5P/c1-6-26-28(25,27-7-2)20(14-11-9-8-10-12-14)16-15(13-21-20)17(23)22(18(16)24)19(3,4)5/h8-13,15-16H,6-7H2,1-5H3/t15-,16+,20+/m1/s1. The van der Waals surface area contributed by atoms with Crippen LogP contribution in [0.25, 0.3) is 0 Å². The molecule has 3 rings (SSSR count). The number of nitrogens with zero attached hydrogens (tertiary/aromatic N) is 2. The van der Waals surface area contributed by atoms with Gasteiger partial charge in [-0.3, -0.25) is 24.0 Å². The minimum absolute atomic E-state index is 0.129. The molecule has 0 unspecified atom stereocenters. The number of rotatable bonds is 6. The summed E-state index contributed by atoms with van der Waals surface area (Å²) in [6.07, 6.45) is 1.45. The summed E-state index contributed by atoms with van der Waals surface area (Å²) >= 11 is 0. The third kappa shape index (κ3) is 2.88. The molecule has 0 spiro atoms. The van der Waals surface area contributed by atoms with E-state index < -0.39 is 36.2 Å². The fourth-order valence-corrected chi connectivity index (χ4v) is 6.54. The third-order valence-corrected chi connectivity index (χ3v) is 7.78. The van der Waals surface area contributed by atoms with Crippen LogP contribution in [0.15, 0.2) is 35.3 Å². The van der Waals surface area contributed by atoms with Crippen LogP contribution in [0.5, 0.6) is 0 Å². The summed E-state index contributed by atoms with van der Waals surface area (Å²) in [7, 11) is -3.93. The molecule has 152 valence electrons. The van der Waals surface area contributed by atoms with Gasteiger partial charge in [0.05, 0.1) is 25.0 Å². The van der Waals surface area contributed by atoms with Gasteiger partial charge in [0.2, 0.25) is 11.8 Å². The molecule has 0 bridgehead atoms. The summed E-state index contributed by atoms with van der Waals surface area (Å²) in [6, 6.07) is 8.89. The number of carbonyl (C=O) groups is 2. The summed E-state index contributed by atoms with van der Waals surface area (Å²) in [6.45, 7) is 9.09. The van der Waals surface area contributed by atoms with Crippen molar-refractivity contribution in [2.24, 2.45) is 16.8 Å². The van der Waals surface area contributed by atoms with Gasteiger partial charge in [0.25, 0.3) is 0 Å². The highest BCUT2D eigenvalue weighted by atomic mass is 31.2. The molecule has 1 fully saturated rings. The van der Waals surface area contributed by atoms with E-state index in [2.05, 4.69) is 4.99 Å². The quantitative estimate of drug-likeness (QED) is 0.532. The second-order valence-electron chi connectivity index (χ2n) is 7.89. The molecule has 0 N–H and O–H groups in total. The fraction of sp³-hybridized carbons (Fsp3) is 0.550. The van der Waals surface area contributed by atoms with Crippen LogP contribution in [0.2, 0.25) is 0 Å². The third-order valence-electron chi connectivity index (χ3n) is 5.10. The average molecular weight is 406 g/mol. The van der Waals surface area contributed by atoms with Crippen LogP contribution < -0.4 is 0 Å². The van der Waals surface area contributed by atoms with Crippen molar-refractivity contribution in [3.05, 3.63) is 35.9 Å². The SMILES string of the molecule is CCOP(=O)(OCC)[C@]1(c2ccccc2)N=C[C@H]2C(=O)N(C(C)(C)C)C(=O)[C@H]21. The summed E-state index contributed by atoms with van der Waals surface area (Å²) in [5.74, 6) is -2.49. The van der Waals surface area contributed by atoms with Gasteiger partial charge < -0.3 is 9.05 Å². The van der Waals surface area contributed by atoms with Crippen molar-refractivity contribution in [2.45, 2.75) is 45.4 Å². The van der Waals surface area contributed by atoms with E-state index in [1.807, 2.05) is 6.07 Å². The second-order valence-corrected chi connectivity index (χ2v) is 10.1. The van der Waals surface area contributed by atoms with Crippen LogP contribution in [0, 0.1) is 11.8 Å². The zero-order chi connectivity index (χ0) is 20.7. The van der Waals surface area contributed by atoms with E-state index in [4.69, 9.17) is 9.05 Å². The molecule has 3 atom stereocenters. The Kier molecular flexibility index (Phi) is 5.38. The van der Waals surface area contributed by atoms with Crippen LogP contribution in [0.1, 0.15) is 40.2 Å². The van der Waals surface area contributed by atoms with E-state index in [0.717, 1.165) is 0 Å². The number of imide groups is 1. The lowest BCUT2D eigenvalue weighted by Crippen LogP contribution is -2.48. The molecule has 0 radical (unpaired) electrons. The molecule has 2 aliphatic heterocycles. The molecule has 1 aromatic rings. The van der Waals surface area contributed by atoms with Gasteiger partial charge in [-0.1, -0.05) is 30.3 Å². The van der Waals surface area contributed by atoms with Crippen molar-refractivity contribution in [3.63, 3.8) is 0 Å². The monoisotopic (exact) mass is 406 g/mol. The summed E-state index contributed by atoms with van der Waals surface area (Å²) in [5, 5.41) is -1.59. The van der Waals surface area contributed by atoms with Crippen molar-refractivity contribution in [2.75, 3.05) is 13.2 Å². The minimum Gasteiger partial charge on any atom is -0.307 e. The molecule has 1 aromatic carbocycles. The summed E-state index contributed by atoms with van der Waals surface area (Å²) in [5.41, 5.74) is -0.156. The van der Waals surface area contributed by atoms with Crippen molar-refractivity contribution in [1.29, 1.82) is 0 Å². The van der Waals surface area contributed by atoms with Crippen LogP contribution in [-0.4, -0.2) is 41.7 Å². The highest BCUT2D eigenvalue weighted by molar-refractivity contribution is 7.55. The number of amides is 2. The Bertz CT molecular complexity index is 838. The van der Waals surface area contributed by atoms with Crippen molar-refractivity contribution in [3.8, 4) is 0 Å². The van der Waals surface area contributed by atoms with Gasteiger partial charge in [0.1, 0.15) is 0 Å². The highest BCUT2D eigenvalue weighted by Crippen LogP contribution is 2.72. The molecule has 2 amide bonds. The van der Waals surface area contributed by atoms with E-state index in [1.165, 1.54) is 11.1 Å². The molecule has 0 aliphatic carbocycles. The van der Waals surface area contributed by atoms with E-state index in [9.17, 15) is 14.2 Å². The van der Waals surface area contributed by atoms with Crippen molar-refractivity contribution >= 4 is 25.6 Å². The Morgan fingerprint density at radius 1 is 1.07 bits per heavy atom. The van der Waals surface area contributed by atoms with Gasteiger partial charge in [-0.15, -0.1) is 0 Å². The number of hydrogen-bond donors (Lipinski definition) is 0. The number of aliphatic imine (C=N–C) groups is 1. The number of likely N-dealkylation sites (tertiary alicyclic amines) is 1. The van der Waals surface area contributed by atoms with Gasteiger partial charge >= 0.3 is 7.60 Å². The normalized spacial score (nSPS) is 27.5. The Morgan fingerprint density at radius 3 is 2.14 bits per heavy atom. The largest absolute Gasteiger partial charge is 0.363 e. The number of benzene rings is 1. The van der Waals surface area contributed by atoms with Gasteiger partial charge in [-0.05, 0) is 40.2 Å². The molecule has 1 saturated heterocycles. The Hall–Kier alpha value is -1.82. The van der Waals surface area contributed by atoms with Crippen molar-refractivity contribution in [1.82, 2.24) is 4.90 Å². The zero-order valence-corrected chi connectivity index (χ0v) is 17.8. The summed E-state index contributed by atoms with van der Waals surface area (Å²) < 4.78 is 25.4. The van der Waals surface area contributed by atoms with Gasteiger partial charge in [-0.2, -0.15) is 0 Å². The van der Waals surface area contributed by atoms with E-state index in [-0.39, 0.29) is 19.1 Å². The lowest BCUT2D eigenvalue weighted by molar-refractivity contribution is -0.145. The predicted molar refractivity (Wildman–Crippen MR) is 106 cm³/mol. The molecule has 2 heterocycles. The summed E-state index contributed by atoms with van der Waals surface area (Å²) in [4.78, 5) is 32.3.